The molecule has 0 saturated heterocycles. The van der Waals surface area contributed by atoms with Gasteiger partial charge in [-0.1, -0.05) is 6.07 Å². The van der Waals surface area contributed by atoms with Crippen LogP contribution < -0.4 is 10.1 Å². The third-order valence-corrected chi connectivity index (χ3v) is 6.09. The average Bonchev–Trinajstić information content (AvgIpc) is 3.72. The van der Waals surface area contributed by atoms with E-state index in [0.717, 1.165) is 24.1 Å². The normalized spacial score (nSPS) is 13.0. The van der Waals surface area contributed by atoms with Gasteiger partial charge in [-0.25, -0.2) is 15.0 Å². The van der Waals surface area contributed by atoms with Gasteiger partial charge in [0.2, 0.25) is 0 Å². The maximum Gasteiger partial charge on any atom is 0.257 e. The van der Waals surface area contributed by atoms with Crippen LogP contribution >= 0.6 is 0 Å². The summed E-state index contributed by atoms with van der Waals surface area (Å²) in [6.07, 6.45) is 8.88. The van der Waals surface area contributed by atoms with Crippen LogP contribution in [0.4, 0.5) is 5.82 Å². The SMILES string of the molecule is Cc1nn(-c2ccccn2)c2nc(C3CC3)cc(C(=O)Nc3ncccc3OCc3ccncc3)c12. The molecular weight excluding hydrogens is 454 g/mol. The highest BCUT2D eigenvalue weighted by Gasteiger charge is 2.29. The lowest BCUT2D eigenvalue weighted by Gasteiger charge is -2.13. The van der Waals surface area contributed by atoms with Gasteiger partial charge in [0.1, 0.15) is 6.61 Å². The van der Waals surface area contributed by atoms with Crippen molar-refractivity contribution < 1.29 is 9.53 Å². The molecule has 0 unspecified atom stereocenters. The Hall–Kier alpha value is -4.66. The minimum Gasteiger partial charge on any atom is -0.485 e. The summed E-state index contributed by atoms with van der Waals surface area (Å²) in [5.41, 5.74) is 3.68. The van der Waals surface area contributed by atoms with Crippen molar-refractivity contribution in [1.29, 1.82) is 0 Å². The maximum atomic E-state index is 13.7. The van der Waals surface area contributed by atoms with Gasteiger partial charge in [0.25, 0.3) is 5.91 Å². The number of anilines is 1. The van der Waals surface area contributed by atoms with E-state index in [4.69, 9.17) is 9.72 Å². The third kappa shape index (κ3) is 4.26. The average molecular weight is 478 g/mol. The van der Waals surface area contributed by atoms with Gasteiger partial charge >= 0.3 is 0 Å². The molecule has 36 heavy (non-hydrogen) atoms. The van der Waals surface area contributed by atoms with Gasteiger partial charge in [-0.2, -0.15) is 9.78 Å². The monoisotopic (exact) mass is 477 g/mol. The van der Waals surface area contributed by atoms with Crippen molar-refractivity contribution in [2.24, 2.45) is 0 Å². The number of fused-ring (bicyclic) bond motifs is 1. The summed E-state index contributed by atoms with van der Waals surface area (Å²) in [6, 6.07) is 14.8. The fourth-order valence-electron chi connectivity index (χ4n) is 4.13. The quantitative estimate of drug-likeness (QED) is 0.364. The Morgan fingerprint density at radius 3 is 2.67 bits per heavy atom. The Morgan fingerprint density at radius 1 is 1.06 bits per heavy atom. The van der Waals surface area contributed by atoms with E-state index in [1.165, 1.54) is 0 Å². The first-order valence-electron chi connectivity index (χ1n) is 11.8. The van der Waals surface area contributed by atoms with Crippen LogP contribution in [0.1, 0.15) is 46.1 Å². The second-order valence-electron chi connectivity index (χ2n) is 8.70. The molecule has 6 rings (SSSR count). The molecule has 9 heteroatoms. The zero-order valence-electron chi connectivity index (χ0n) is 19.6. The number of aryl methyl sites for hydroxylation is 1. The van der Waals surface area contributed by atoms with E-state index in [2.05, 4.69) is 25.4 Å². The van der Waals surface area contributed by atoms with E-state index in [-0.39, 0.29) is 5.91 Å². The molecule has 5 aromatic rings. The Balaban J connectivity index is 1.36. The lowest BCUT2D eigenvalue weighted by atomic mass is 10.1. The number of rotatable bonds is 7. The van der Waals surface area contributed by atoms with Crippen molar-refractivity contribution in [3.63, 3.8) is 0 Å². The van der Waals surface area contributed by atoms with Crippen LogP contribution in [0.2, 0.25) is 0 Å². The van der Waals surface area contributed by atoms with Crippen LogP contribution in [0, 0.1) is 6.92 Å². The molecule has 0 spiro atoms. The summed E-state index contributed by atoms with van der Waals surface area (Å²) in [5.74, 6) is 1.54. The highest BCUT2D eigenvalue weighted by molar-refractivity contribution is 6.13. The third-order valence-electron chi connectivity index (χ3n) is 6.09. The predicted octanol–water partition coefficient (Wildman–Crippen LogP) is 4.62. The lowest BCUT2D eigenvalue weighted by Crippen LogP contribution is -2.15. The molecule has 1 aliphatic carbocycles. The fourth-order valence-corrected chi connectivity index (χ4v) is 4.13. The minimum absolute atomic E-state index is 0.291. The first-order chi connectivity index (χ1) is 17.7. The molecule has 5 aromatic heterocycles. The molecule has 178 valence electrons. The number of amides is 1. The van der Waals surface area contributed by atoms with E-state index in [0.29, 0.717) is 52.2 Å². The molecule has 0 radical (unpaired) electrons. The van der Waals surface area contributed by atoms with Crippen LogP contribution in [-0.2, 0) is 6.61 Å². The van der Waals surface area contributed by atoms with Crippen molar-refractivity contribution in [2.75, 3.05) is 5.32 Å². The summed E-state index contributed by atoms with van der Waals surface area (Å²) in [6.45, 7) is 2.21. The molecule has 1 N–H and O–H groups in total. The van der Waals surface area contributed by atoms with Crippen molar-refractivity contribution in [3.8, 4) is 11.6 Å². The zero-order valence-corrected chi connectivity index (χ0v) is 19.6. The van der Waals surface area contributed by atoms with Crippen LogP contribution in [0.15, 0.2) is 73.3 Å². The number of carbonyl (C=O) groups excluding carboxylic acids is 1. The van der Waals surface area contributed by atoms with Crippen molar-refractivity contribution in [1.82, 2.24) is 29.7 Å². The fraction of sp³-hybridized carbons (Fsp3) is 0.185. The lowest BCUT2D eigenvalue weighted by molar-refractivity contribution is 0.102. The van der Waals surface area contributed by atoms with Gasteiger partial charge in [0.15, 0.2) is 23.0 Å². The Morgan fingerprint density at radius 2 is 1.89 bits per heavy atom. The number of ether oxygens (including phenoxy) is 1. The number of carbonyl (C=O) groups is 1. The standard InChI is InChI=1S/C27H23N7O2/c1-17-24-20(15-21(19-7-8-19)31-26(24)34(33-17)23-6-2-3-11-29-23)27(35)32-25-22(5-4-12-30-25)36-16-18-9-13-28-14-10-18/h2-6,9-15,19H,7-8,16H2,1H3,(H,30,32,35). The number of nitrogens with one attached hydrogen (secondary N) is 1. The van der Waals surface area contributed by atoms with Crippen molar-refractivity contribution in [2.45, 2.75) is 32.3 Å². The summed E-state index contributed by atoms with van der Waals surface area (Å²) >= 11 is 0. The van der Waals surface area contributed by atoms with Gasteiger partial charge in [-0.15, -0.1) is 0 Å². The molecule has 0 aromatic carbocycles. The maximum absolute atomic E-state index is 13.7. The van der Waals surface area contributed by atoms with Gasteiger partial charge in [-0.05, 0) is 67.8 Å². The van der Waals surface area contributed by atoms with Crippen molar-refractivity contribution >= 4 is 22.8 Å². The minimum atomic E-state index is -0.291. The predicted molar refractivity (Wildman–Crippen MR) is 134 cm³/mol. The van der Waals surface area contributed by atoms with E-state index >= 15 is 0 Å². The van der Waals surface area contributed by atoms with Crippen LogP contribution in [-0.4, -0.2) is 35.6 Å². The molecule has 0 bridgehead atoms. The smallest absolute Gasteiger partial charge is 0.257 e. The van der Waals surface area contributed by atoms with Gasteiger partial charge in [0.05, 0.1) is 16.6 Å². The van der Waals surface area contributed by atoms with Crippen LogP contribution in [0.3, 0.4) is 0 Å². The molecule has 1 amide bonds. The highest BCUT2D eigenvalue weighted by Crippen LogP contribution is 2.41. The summed E-state index contributed by atoms with van der Waals surface area (Å²) in [7, 11) is 0. The van der Waals surface area contributed by atoms with Crippen molar-refractivity contribution in [3.05, 3.63) is 95.8 Å². The van der Waals surface area contributed by atoms with Gasteiger partial charge < -0.3 is 10.1 Å². The molecule has 0 atom stereocenters. The molecule has 5 heterocycles. The van der Waals surface area contributed by atoms with Crippen LogP contribution in [0.5, 0.6) is 5.75 Å². The Labute approximate surface area is 207 Å². The number of hydrogen-bond acceptors (Lipinski definition) is 7. The van der Waals surface area contributed by atoms with E-state index in [1.54, 1.807) is 41.6 Å². The number of aromatic nitrogens is 6. The molecule has 1 aliphatic rings. The molecule has 1 fully saturated rings. The largest absolute Gasteiger partial charge is 0.485 e. The van der Waals surface area contributed by atoms with E-state index in [1.807, 2.05) is 43.3 Å². The summed E-state index contributed by atoms with van der Waals surface area (Å²) in [5, 5.41) is 8.32. The highest BCUT2D eigenvalue weighted by atomic mass is 16.5. The topological polar surface area (TPSA) is 108 Å². The number of nitrogens with zero attached hydrogens (tertiary/aromatic N) is 6. The van der Waals surface area contributed by atoms with Gasteiger partial charge in [0, 0.05) is 36.4 Å². The second-order valence-corrected chi connectivity index (χ2v) is 8.70. The summed E-state index contributed by atoms with van der Waals surface area (Å²) < 4.78 is 7.67. The number of pyridine rings is 4. The molecule has 9 nitrogen and oxygen atoms in total. The Kier molecular flexibility index (Phi) is 5.57. The van der Waals surface area contributed by atoms with Crippen LogP contribution in [0.25, 0.3) is 16.9 Å². The zero-order chi connectivity index (χ0) is 24.5. The molecular formula is C27H23N7O2. The Bertz CT molecular complexity index is 1550. The molecule has 0 aliphatic heterocycles. The van der Waals surface area contributed by atoms with E-state index < -0.39 is 0 Å². The summed E-state index contributed by atoms with van der Waals surface area (Å²) in [4.78, 5) is 31.4. The van der Waals surface area contributed by atoms with E-state index in [9.17, 15) is 4.79 Å². The molecule has 1 saturated carbocycles. The number of hydrogen-bond donors (Lipinski definition) is 1. The van der Waals surface area contributed by atoms with Gasteiger partial charge in [-0.3, -0.25) is 9.78 Å². The second kappa shape index (κ2) is 9.18. The first kappa shape index (κ1) is 21.8. The first-order valence-corrected chi connectivity index (χ1v) is 11.8.